The fourth-order valence-electron chi connectivity index (χ4n) is 4.24. The molecule has 0 aliphatic heterocycles. The van der Waals surface area contributed by atoms with Crippen LogP contribution in [0, 0.1) is 12.7 Å². The molecule has 8 heteroatoms. The van der Waals surface area contributed by atoms with Gasteiger partial charge in [-0.1, -0.05) is 24.3 Å². The normalized spacial score (nSPS) is 14.2. The van der Waals surface area contributed by atoms with Gasteiger partial charge in [0.25, 0.3) is 0 Å². The second kappa shape index (κ2) is 6.93. The number of hydrogen-bond acceptors (Lipinski definition) is 2. The van der Waals surface area contributed by atoms with E-state index in [4.69, 9.17) is 0 Å². The molecule has 32 heavy (non-hydrogen) atoms. The number of H-pyrrole nitrogens is 1. The van der Waals surface area contributed by atoms with E-state index in [0.717, 1.165) is 0 Å². The topological polar surface area (TPSA) is 53.8 Å². The number of rotatable bonds is 3. The van der Waals surface area contributed by atoms with E-state index >= 15 is 0 Å². The number of nitrogens with one attached hydrogen (secondary N) is 1. The third-order valence-electron chi connectivity index (χ3n) is 5.72. The zero-order valence-corrected chi connectivity index (χ0v) is 16.8. The first-order chi connectivity index (χ1) is 15.2. The summed E-state index contributed by atoms with van der Waals surface area (Å²) in [6.45, 7) is 1.51. The van der Waals surface area contributed by atoms with Crippen LogP contribution in [-0.2, 0) is 5.60 Å². The van der Waals surface area contributed by atoms with Crippen molar-refractivity contribution in [1.82, 2.24) is 14.8 Å². The molecule has 1 atom stereocenters. The first-order valence-corrected chi connectivity index (χ1v) is 9.81. The Labute approximate surface area is 179 Å². The first-order valence-electron chi connectivity index (χ1n) is 9.81. The van der Waals surface area contributed by atoms with Crippen LogP contribution in [0.5, 0.6) is 0 Å². The Kier molecular flexibility index (Phi) is 4.39. The van der Waals surface area contributed by atoms with Gasteiger partial charge in [0.2, 0.25) is 5.60 Å². The molecule has 0 fully saturated rings. The SMILES string of the molecule is Cc1[nH]c2ccccc2c1C(O)(c1ccc2c(cnn2-c2ccc(F)cc2)c1)C(F)(F)F. The Bertz CT molecular complexity index is 1450. The Morgan fingerprint density at radius 2 is 1.69 bits per heavy atom. The fourth-order valence-corrected chi connectivity index (χ4v) is 4.24. The van der Waals surface area contributed by atoms with Gasteiger partial charge in [0, 0.05) is 27.5 Å². The smallest absolute Gasteiger partial charge is 0.372 e. The second-order valence-electron chi connectivity index (χ2n) is 7.69. The minimum absolute atomic E-state index is 0.230. The molecule has 0 spiro atoms. The minimum atomic E-state index is -4.98. The van der Waals surface area contributed by atoms with Gasteiger partial charge < -0.3 is 10.1 Å². The van der Waals surface area contributed by atoms with Crippen molar-refractivity contribution >= 4 is 21.8 Å². The fraction of sp³-hybridized carbons (Fsp3) is 0.125. The molecule has 0 amide bonds. The number of aromatic amines is 1. The molecule has 2 N–H and O–H groups in total. The Hall–Kier alpha value is -3.65. The predicted octanol–water partition coefficient (Wildman–Crippen LogP) is 5.75. The van der Waals surface area contributed by atoms with Crippen molar-refractivity contribution in [2.45, 2.75) is 18.7 Å². The molecule has 1 unspecified atom stereocenters. The van der Waals surface area contributed by atoms with Crippen LogP contribution in [0.3, 0.4) is 0 Å². The molecule has 2 aromatic heterocycles. The van der Waals surface area contributed by atoms with Crippen molar-refractivity contribution in [2.75, 3.05) is 0 Å². The van der Waals surface area contributed by atoms with Crippen LogP contribution in [0.2, 0.25) is 0 Å². The maximum Gasteiger partial charge on any atom is 0.425 e. The van der Waals surface area contributed by atoms with Gasteiger partial charge in [-0.25, -0.2) is 9.07 Å². The zero-order chi connectivity index (χ0) is 22.7. The Morgan fingerprint density at radius 1 is 0.969 bits per heavy atom. The van der Waals surface area contributed by atoms with Crippen LogP contribution in [0.1, 0.15) is 16.8 Å². The molecule has 5 aromatic rings. The summed E-state index contributed by atoms with van der Waals surface area (Å²) in [7, 11) is 0. The van der Waals surface area contributed by atoms with E-state index in [2.05, 4.69) is 10.1 Å². The highest BCUT2D eigenvalue weighted by atomic mass is 19.4. The molecule has 0 saturated heterocycles. The predicted molar refractivity (Wildman–Crippen MR) is 113 cm³/mol. The molecule has 4 nitrogen and oxygen atoms in total. The van der Waals surface area contributed by atoms with E-state index in [1.54, 1.807) is 24.3 Å². The lowest BCUT2D eigenvalue weighted by Crippen LogP contribution is -2.43. The van der Waals surface area contributed by atoms with Crippen molar-refractivity contribution in [3.05, 3.63) is 95.6 Å². The van der Waals surface area contributed by atoms with Crippen LogP contribution in [-0.4, -0.2) is 26.0 Å². The van der Waals surface area contributed by atoms with Crippen molar-refractivity contribution in [2.24, 2.45) is 0 Å². The van der Waals surface area contributed by atoms with Gasteiger partial charge in [0.1, 0.15) is 5.82 Å². The van der Waals surface area contributed by atoms with Gasteiger partial charge >= 0.3 is 6.18 Å². The number of para-hydroxylation sites is 1. The minimum Gasteiger partial charge on any atom is -0.372 e. The maximum absolute atomic E-state index is 14.4. The molecule has 0 radical (unpaired) electrons. The number of halogens is 4. The van der Waals surface area contributed by atoms with Crippen molar-refractivity contribution in [3.8, 4) is 5.69 Å². The van der Waals surface area contributed by atoms with Crippen molar-refractivity contribution in [3.63, 3.8) is 0 Å². The van der Waals surface area contributed by atoms with Crippen LogP contribution in [0.15, 0.2) is 72.9 Å². The maximum atomic E-state index is 14.4. The Morgan fingerprint density at radius 3 is 2.41 bits per heavy atom. The number of nitrogens with zero attached hydrogens (tertiary/aromatic N) is 2. The summed E-state index contributed by atoms with van der Waals surface area (Å²) in [6.07, 6.45) is -3.57. The zero-order valence-electron chi connectivity index (χ0n) is 16.8. The monoisotopic (exact) mass is 439 g/mol. The summed E-state index contributed by atoms with van der Waals surface area (Å²) in [4.78, 5) is 2.93. The first kappa shape index (κ1) is 20.3. The van der Waals surface area contributed by atoms with Crippen LogP contribution in [0.25, 0.3) is 27.5 Å². The summed E-state index contributed by atoms with van der Waals surface area (Å²) in [6, 6.07) is 16.2. The van der Waals surface area contributed by atoms with Gasteiger partial charge in [-0.2, -0.15) is 18.3 Å². The Balaban J connectivity index is 1.72. The largest absolute Gasteiger partial charge is 0.425 e. The number of alkyl halides is 3. The van der Waals surface area contributed by atoms with Crippen LogP contribution < -0.4 is 0 Å². The second-order valence-corrected chi connectivity index (χ2v) is 7.69. The lowest BCUT2D eigenvalue weighted by molar-refractivity contribution is -0.248. The van der Waals surface area contributed by atoms with Gasteiger partial charge in [-0.15, -0.1) is 0 Å². The van der Waals surface area contributed by atoms with E-state index in [0.29, 0.717) is 27.5 Å². The molecule has 5 rings (SSSR count). The average Bonchev–Trinajstić information content (AvgIpc) is 3.33. The number of hydrogen-bond donors (Lipinski definition) is 2. The number of aryl methyl sites for hydroxylation is 1. The molecule has 162 valence electrons. The summed E-state index contributed by atoms with van der Waals surface area (Å²) in [5, 5.41) is 16.2. The van der Waals surface area contributed by atoms with E-state index in [9.17, 15) is 22.7 Å². The lowest BCUT2D eigenvalue weighted by Gasteiger charge is -2.32. The molecular formula is C24H17F4N3O. The third-order valence-corrected chi connectivity index (χ3v) is 5.72. The molecule has 2 heterocycles. The number of aliphatic hydroxyl groups is 1. The molecular weight excluding hydrogens is 422 g/mol. The van der Waals surface area contributed by atoms with Gasteiger partial charge in [-0.3, -0.25) is 0 Å². The van der Waals surface area contributed by atoms with Crippen molar-refractivity contribution in [1.29, 1.82) is 0 Å². The highest BCUT2D eigenvalue weighted by molar-refractivity contribution is 5.87. The van der Waals surface area contributed by atoms with Gasteiger partial charge in [-0.05, 0) is 55.0 Å². The van der Waals surface area contributed by atoms with E-state index in [1.165, 1.54) is 60.3 Å². The molecule has 0 bridgehead atoms. The van der Waals surface area contributed by atoms with E-state index in [-0.39, 0.29) is 16.8 Å². The number of fused-ring (bicyclic) bond motifs is 2. The average molecular weight is 439 g/mol. The molecule has 0 aliphatic carbocycles. The molecule has 0 saturated carbocycles. The summed E-state index contributed by atoms with van der Waals surface area (Å²) in [5.74, 6) is -0.406. The summed E-state index contributed by atoms with van der Waals surface area (Å²) in [5.41, 5.74) is -1.95. The standard InChI is InChI=1S/C24H17F4N3O/c1-14-22(19-4-2-3-5-20(19)30-14)23(32,24(26,27)28)16-6-11-21-15(12-16)13-29-31(21)18-9-7-17(25)8-10-18/h2-13,30,32H,1H3. The molecule has 0 aliphatic rings. The number of aromatic nitrogens is 3. The molecule has 3 aromatic carbocycles. The summed E-state index contributed by atoms with van der Waals surface area (Å²) >= 11 is 0. The third kappa shape index (κ3) is 2.90. The highest BCUT2D eigenvalue weighted by Crippen LogP contribution is 2.48. The van der Waals surface area contributed by atoms with E-state index in [1.807, 2.05) is 0 Å². The van der Waals surface area contributed by atoms with Gasteiger partial charge in [0.15, 0.2) is 0 Å². The van der Waals surface area contributed by atoms with Crippen molar-refractivity contribution < 1.29 is 22.7 Å². The van der Waals surface area contributed by atoms with Crippen LogP contribution >= 0.6 is 0 Å². The summed E-state index contributed by atoms with van der Waals surface area (Å²) < 4.78 is 58.1. The van der Waals surface area contributed by atoms with Crippen LogP contribution in [0.4, 0.5) is 17.6 Å². The van der Waals surface area contributed by atoms with Gasteiger partial charge in [0.05, 0.1) is 17.4 Å². The lowest BCUT2D eigenvalue weighted by atomic mass is 9.83. The number of benzene rings is 3. The highest BCUT2D eigenvalue weighted by Gasteiger charge is 2.58. The van der Waals surface area contributed by atoms with E-state index < -0.39 is 17.6 Å². The quantitative estimate of drug-likeness (QED) is 0.352.